The van der Waals surface area contributed by atoms with Crippen LogP contribution in [0.3, 0.4) is 0 Å². The molecule has 0 amide bonds. The molecule has 27 heavy (non-hydrogen) atoms. The van der Waals surface area contributed by atoms with Gasteiger partial charge in [-0.15, -0.1) is 0 Å². The lowest BCUT2D eigenvalue weighted by atomic mass is 9.76. The van der Waals surface area contributed by atoms with Gasteiger partial charge in [-0.1, -0.05) is 18.3 Å². The van der Waals surface area contributed by atoms with Crippen LogP contribution in [-0.2, 0) is 5.54 Å². The smallest absolute Gasteiger partial charge is 0.278 e. The number of hydrogen-bond donors (Lipinski definition) is 1. The Labute approximate surface area is 159 Å². The van der Waals surface area contributed by atoms with E-state index in [0.29, 0.717) is 5.69 Å². The van der Waals surface area contributed by atoms with Gasteiger partial charge in [0.15, 0.2) is 5.67 Å². The van der Waals surface area contributed by atoms with Crippen LogP contribution in [0.15, 0.2) is 42.4 Å². The molecule has 1 aromatic rings. The fourth-order valence-electron chi connectivity index (χ4n) is 3.37. The van der Waals surface area contributed by atoms with Crippen LogP contribution in [0.5, 0.6) is 0 Å². The van der Waals surface area contributed by atoms with E-state index in [0.717, 1.165) is 19.9 Å². The number of nitrogens with one attached hydrogen (secondary N) is 1. The van der Waals surface area contributed by atoms with Gasteiger partial charge in [0.1, 0.15) is 22.2 Å². The maximum Gasteiger partial charge on any atom is 0.278 e. The predicted octanol–water partition coefficient (Wildman–Crippen LogP) is 5.30. The Morgan fingerprint density at radius 2 is 1.85 bits per heavy atom. The highest BCUT2D eigenvalue weighted by Crippen LogP contribution is 2.48. The Kier molecular flexibility index (Phi) is 4.61. The minimum absolute atomic E-state index is 0.259. The third-order valence-corrected chi connectivity index (χ3v) is 5.67. The molecular weight excluding hydrogens is 383 g/mol. The van der Waals surface area contributed by atoms with Crippen molar-refractivity contribution in [3.05, 3.63) is 53.8 Å². The number of nitrogens with zero attached hydrogens (tertiary/aromatic N) is 1. The van der Waals surface area contributed by atoms with E-state index in [9.17, 15) is 22.0 Å². The summed E-state index contributed by atoms with van der Waals surface area (Å²) in [5.74, 6) is -5.02. The Balaban J connectivity index is 2.09. The molecule has 3 rings (SSSR count). The molecule has 0 radical (unpaired) electrons. The van der Waals surface area contributed by atoms with Crippen LogP contribution in [0.2, 0.25) is 0 Å². The molecule has 2 nitrogen and oxygen atoms in total. The van der Waals surface area contributed by atoms with Crippen molar-refractivity contribution in [1.82, 2.24) is 5.32 Å². The van der Waals surface area contributed by atoms with E-state index in [4.69, 9.17) is 12.2 Å². The van der Waals surface area contributed by atoms with Crippen LogP contribution >= 0.6 is 12.2 Å². The minimum Gasteiger partial charge on any atom is -0.362 e. The number of halogens is 5. The van der Waals surface area contributed by atoms with E-state index < -0.39 is 40.2 Å². The number of hydrogen-bond acceptors (Lipinski definition) is 2. The summed E-state index contributed by atoms with van der Waals surface area (Å²) in [7, 11) is 0. The number of benzene rings is 1. The molecule has 0 aliphatic carbocycles. The highest BCUT2D eigenvalue weighted by molar-refractivity contribution is 7.80. The summed E-state index contributed by atoms with van der Waals surface area (Å²) in [6.07, 6.45) is 2.94. The molecule has 1 saturated heterocycles. The zero-order valence-corrected chi connectivity index (χ0v) is 15.8. The van der Waals surface area contributed by atoms with Crippen LogP contribution in [-0.4, -0.2) is 22.6 Å². The van der Waals surface area contributed by atoms with Gasteiger partial charge in [0.05, 0.1) is 6.42 Å². The van der Waals surface area contributed by atoms with Crippen LogP contribution in [0.1, 0.15) is 32.8 Å². The van der Waals surface area contributed by atoms with Gasteiger partial charge in [0.25, 0.3) is 5.92 Å². The standard InChI is InChI=1S/C19H19F5N2S/c1-11-4-5-12(20)9-26(11)13-6-7-15(21)14(8-13)18(3)19(23,24)10-17(2,22)16(27)25-18/h4-9,11H,10H2,1-3H3,(H,25,27)/t11?,17-,18+/m0/s1. The van der Waals surface area contributed by atoms with E-state index in [1.807, 2.05) is 0 Å². The lowest BCUT2D eigenvalue weighted by Crippen LogP contribution is -2.66. The molecule has 0 saturated carbocycles. The van der Waals surface area contributed by atoms with E-state index in [2.05, 4.69) is 5.32 Å². The molecule has 1 unspecified atom stereocenters. The summed E-state index contributed by atoms with van der Waals surface area (Å²) in [5, 5.41) is 2.33. The van der Waals surface area contributed by atoms with E-state index in [1.165, 1.54) is 29.3 Å². The van der Waals surface area contributed by atoms with Crippen LogP contribution < -0.4 is 10.2 Å². The molecule has 3 atom stereocenters. The maximum absolute atomic E-state index is 14.9. The van der Waals surface area contributed by atoms with Crippen molar-refractivity contribution in [1.29, 1.82) is 0 Å². The van der Waals surface area contributed by atoms with Gasteiger partial charge < -0.3 is 10.2 Å². The molecular formula is C19H19F5N2S. The third-order valence-electron chi connectivity index (χ3n) is 5.14. The molecule has 8 heteroatoms. The van der Waals surface area contributed by atoms with Gasteiger partial charge in [-0.3, -0.25) is 0 Å². The van der Waals surface area contributed by atoms with Gasteiger partial charge in [0.2, 0.25) is 0 Å². The second-order valence-corrected chi connectivity index (χ2v) is 7.75. The molecule has 1 aromatic carbocycles. The fourth-order valence-corrected chi connectivity index (χ4v) is 3.65. The Morgan fingerprint density at radius 1 is 1.19 bits per heavy atom. The lowest BCUT2D eigenvalue weighted by Gasteiger charge is -2.47. The van der Waals surface area contributed by atoms with Gasteiger partial charge >= 0.3 is 0 Å². The number of rotatable bonds is 2. The van der Waals surface area contributed by atoms with Crippen LogP contribution in [0.25, 0.3) is 0 Å². The highest BCUT2D eigenvalue weighted by Gasteiger charge is 2.61. The first-order valence-electron chi connectivity index (χ1n) is 8.41. The largest absolute Gasteiger partial charge is 0.362 e. The lowest BCUT2D eigenvalue weighted by molar-refractivity contribution is -0.119. The topological polar surface area (TPSA) is 15.3 Å². The Hall–Kier alpha value is -1.96. The van der Waals surface area contributed by atoms with E-state index in [-0.39, 0.29) is 11.6 Å². The van der Waals surface area contributed by atoms with Crippen LogP contribution in [0, 0.1) is 5.82 Å². The zero-order chi connectivity index (χ0) is 20.2. The van der Waals surface area contributed by atoms with Crippen molar-refractivity contribution in [2.24, 2.45) is 0 Å². The van der Waals surface area contributed by atoms with Crippen molar-refractivity contribution < 1.29 is 22.0 Å². The van der Waals surface area contributed by atoms with E-state index in [1.54, 1.807) is 13.0 Å². The molecule has 0 aromatic heterocycles. The van der Waals surface area contributed by atoms with Gasteiger partial charge in [-0.05, 0) is 45.0 Å². The van der Waals surface area contributed by atoms with E-state index >= 15 is 0 Å². The van der Waals surface area contributed by atoms with Crippen LogP contribution in [0.4, 0.5) is 27.6 Å². The number of thiocarbonyl (C=S) groups is 1. The average Bonchev–Trinajstić information content (AvgIpc) is 2.55. The molecule has 2 aliphatic rings. The van der Waals surface area contributed by atoms with Crippen molar-refractivity contribution in [3.8, 4) is 0 Å². The first kappa shape index (κ1) is 19.8. The molecule has 1 N–H and O–H groups in total. The summed E-state index contributed by atoms with van der Waals surface area (Å²) < 4.78 is 72.3. The fraction of sp³-hybridized carbons (Fsp3) is 0.421. The number of alkyl halides is 3. The molecule has 2 aliphatic heterocycles. The summed E-state index contributed by atoms with van der Waals surface area (Å²) in [6, 6.07) is 3.38. The first-order valence-corrected chi connectivity index (χ1v) is 8.81. The first-order chi connectivity index (χ1) is 12.4. The van der Waals surface area contributed by atoms with Gasteiger partial charge in [-0.25, -0.2) is 22.0 Å². The second-order valence-electron chi connectivity index (χ2n) is 7.34. The minimum atomic E-state index is -3.62. The van der Waals surface area contributed by atoms with Crippen molar-refractivity contribution in [2.75, 3.05) is 4.90 Å². The predicted molar refractivity (Wildman–Crippen MR) is 98.8 cm³/mol. The zero-order valence-electron chi connectivity index (χ0n) is 15.0. The normalized spacial score (nSPS) is 32.9. The average molecular weight is 402 g/mol. The summed E-state index contributed by atoms with van der Waals surface area (Å²) >= 11 is 4.91. The van der Waals surface area contributed by atoms with Crippen molar-refractivity contribution >= 4 is 22.9 Å². The summed E-state index contributed by atoms with van der Waals surface area (Å²) in [5.41, 5.74) is -4.67. The number of allylic oxidation sites excluding steroid dienone is 2. The van der Waals surface area contributed by atoms with Gasteiger partial charge in [0, 0.05) is 23.5 Å². The molecule has 1 fully saturated rings. The Bertz CT molecular complexity index is 849. The number of piperidine rings is 1. The maximum atomic E-state index is 14.9. The molecule has 0 bridgehead atoms. The highest BCUT2D eigenvalue weighted by atomic mass is 32.1. The summed E-state index contributed by atoms with van der Waals surface area (Å²) in [4.78, 5) is 1.10. The molecule has 146 valence electrons. The molecule has 2 heterocycles. The van der Waals surface area contributed by atoms with Gasteiger partial charge in [-0.2, -0.15) is 0 Å². The van der Waals surface area contributed by atoms with Crippen molar-refractivity contribution in [3.63, 3.8) is 0 Å². The second kappa shape index (κ2) is 6.29. The SMILES string of the molecule is CC1C=CC(F)=CN1c1ccc(F)c([C@@]2(C)NC(=S)[C@@](C)(F)CC2(F)F)c1. The molecule has 0 spiro atoms. The summed E-state index contributed by atoms with van der Waals surface area (Å²) in [6.45, 7) is 3.84. The quantitative estimate of drug-likeness (QED) is 0.534. The monoisotopic (exact) mass is 402 g/mol. The van der Waals surface area contributed by atoms with Crippen molar-refractivity contribution in [2.45, 2.75) is 50.4 Å². The Morgan fingerprint density at radius 3 is 2.52 bits per heavy atom. The number of anilines is 1. The third kappa shape index (κ3) is 3.24.